The molecule has 0 spiro atoms. The van der Waals surface area contributed by atoms with Gasteiger partial charge in [-0.15, -0.1) is 11.3 Å². The van der Waals surface area contributed by atoms with Crippen LogP contribution in [0.3, 0.4) is 0 Å². The van der Waals surface area contributed by atoms with Crippen LogP contribution in [0.2, 0.25) is 0 Å². The molecular formula is C13H16BrNO2S. The van der Waals surface area contributed by atoms with Crippen LogP contribution in [0.15, 0.2) is 15.9 Å². The van der Waals surface area contributed by atoms with E-state index in [9.17, 15) is 9.59 Å². The van der Waals surface area contributed by atoms with Crippen LogP contribution in [0, 0.1) is 11.3 Å². The summed E-state index contributed by atoms with van der Waals surface area (Å²) in [5.74, 6) is 0.0153. The van der Waals surface area contributed by atoms with Crippen LogP contribution in [0.4, 0.5) is 0 Å². The minimum Gasteiger partial charge on any atom is -0.277 e. The average Bonchev–Trinajstić information content (AvgIpc) is 2.82. The highest BCUT2D eigenvalue weighted by molar-refractivity contribution is 9.10. The molecule has 1 aliphatic rings. The molecule has 98 valence electrons. The van der Waals surface area contributed by atoms with Crippen molar-refractivity contribution >= 4 is 39.1 Å². The third-order valence-electron chi connectivity index (χ3n) is 3.41. The van der Waals surface area contributed by atoms with Crippen molar-refractivity contribution in [2.75, 3.05) is 6.54 Å². The lowest BCUT2D eigenvalue weighted by Gasteiger charge is -2.25. The van der Waals surface area contributed by atoms with E-state index < -0.39 is 0 Å². The maximum Gasteiger partial charge on any atom is 0.271 e. The predicted molar refractivity (Wildman–Crippen MR) is 75.6 cm³/mol. The van der Waals surface area contributed by atoms with Gasteiger partial charge in [0.15, 0.2) is 0 Å². The Kier molecular flexibility index (Phi) is 3.65. The topological polar surface area (TPSA) is 37.4 Å². The summed E-state index contributed by atoms with van der Waals surface area (Å²) < 4.78 is 0.768. The quantitative estimate of drug-likeness (QED) is 0.739. The first-order valence-corrected chi connectivity index (χ1v) is 7.55. The second kappa shape index (κ2) is 4.78. The molecule has 0 aliphatic carbocycles. The SMILES string of the molecule is CC(C)(C)C1CC(=O)N(C(=O)c2sccc2Br)C1. The molecule has 1 atom stereocenters. The second-order valence-electron chi connectivity index (χ2n) is 5.67. The Bertz CT molecular complexity index is 489. The molecule has 0 saturated carbocycles. The zero-order valence-corrected chi connectivity index (χ0v) is 13.1. The van der Waals surface area contributed by atoms with E-state index in [0.29, 0.717) is 17.8 Å². The van der Waals surface area contributed by atoms with E-state index in [2.05, 4.69) is 36.7 Å². The van der Waals surface area contributed by atoms with Crippen LogP contribution < -0.4 is 0 Å². The molecule has 2 rings (SSSR count). The van der Waals surface area contributed by atoms with Gasteiger partial charge in [0.1, 0.15) is 4.88 Å². The molecule has 18 heavy (non-hydrogen) atoms. The summed E-state index contributed by atoms with van der Waals surface area (Å²) >= 11 is 4.71. The van der Waals surface area contributed by atoms with Crippen LogP contribution in [0.5, 0.6) is 0 Å². The smallest absolute Gasteiger partial charge is 0.271 e. The highest BCUT2D eigenvalue weighted by Gasteiger charge is 2.40. The van der Waals surface area contributed by atoms with Crippen LogP contribution in [0.25, 0.3) is 0 Å². The van der Waals surface area contributed by atoms with E-state index >= 15 is 0 Å². The highest BCUT2D eigenvalue weighted by atomic mass is 79.9. The van der Waals surface area contributed by atoms with E-state index in [-0.39, 0.29) is 23.1 Å². The molecule has 0 bridgehead atoms. The Labute approximate surface area is 119 Å². The molecule has 1 saturated heterocycles. The number of carbonyl (C=O) groups is 2. The van der Waals surface area contributed by atoms with Crippen molar-refractivity contribution in [3.8, 4) is 0 Å². The Balaban J connectivity index is 2.19. The van der Waals surface area contributed by atoms with Gasteiger partial charge in [0.05, 0.1) is 0 Å². The monoisotopic (exact) mass is 329 g/mol. The number of carbonyl (C=O) groups excluding carboxylic acids is 2. The number of rotatable bonds is 1. The first-order valence-electron chi connectivity index (χ1n) is 5.88. The van der Waals surface area contributed by atoms with Gasteiger partial charge in [-0.1, -0.05) is 20.8 Å². The molecule has 0 N–H and O–H groups in total. The van der Waals surface area contributed by atoms with Crippen LogP contribution in [-0.4, -0.2) is 23.3 Å². The Morgan fingerprint density at radius 2 is 2.17 bits per heavy atom. The third kappa shape index (κ3) is 2.52. The summed E-state index contributed by atoms with van der Waals surface area (Å²) in [5, 5.41) is 1.85. The Hall–Kier alpha value is -0.680. The van der Waals surface area contributed by atoms with Gasteiger partial charge >= 0.3 is 0 Å². The standard InChI is InChI=1S/C13H16BrNO2S/c1-13(2,3)8-6-10(16)15(7-8)12(17)11-9(14)4-5-18-11/h4-5,8H,6-7H2,1-3H3. The van der Waals surface area contributed by atoms with Gasteiger partial charge in [0, 0.05) is 17.4 Å². The zero-order valence-electron chi connectivity index (χ0n) is 10.7. The largest absolute Gasteiger partial charge is 0.277 e. The lowest BCUT2D eigenvalue weighted by molar-refractivity contribution is -0.125. The first-order chi connectivity index (χ1) is 8.30. The molecule has 1 aliphatic heterocycles. The number of halogens is 1. The number of imide groups is 1. The molecule has 0 aromatic carbocycles. The highest BCUT2D eigenvalue weighted by Crippen LogP contribution is 2.35. The summed E-state index contributed by atoms with van der Waals surface area (Å²) in [7, 11) is 0. The third-order valence-corrected chi connectivity index (χ3v) is 5.23. The fourth-order valence-electron chi connectivity index (χ4n) is 2.05. The molecule has 3 nitrogen and oxygen atoms in total. The lowest BCUT2D eigenvalue weighted by atomic mass is 9.80. The van der Waals surface area contributed by atoms with Crippen LogP contribution in [-0.2, 0) is 4.79 Å². The minimum atomic E-state index is -0.173. The van der Waals surface area contributed by atoms with Gasteiger partial charge in [-0.2, -0.15) is 0 Å². The number of amides is 2. The van der Waals surface area contributed by atoms with Crippen molar-refractivity contribution in [1.82, 2.24) is 4.90 Å². The number of nitrogens with zero attached hydrogens (tertiary/aromatic N) is 1. The molecule has 2 amide bonds. The molecule has 2 heterocycles. The Morgan fingerprint density at radius 1 is 1.50 bits per heavy atom. The number of likely N-dealkylation sites (tertiary alicyclic amines) is 1. The first kappa shape index (κ1) is 13.7. The average molecular weight is 330 g/mol. The Morgan fingerprint density at radius 3 is 2.61 bits per heavy atom. The summed E-state index contributed by atoms with van der Waals surface area (Å²) in [4.78, 5) is 26.3. The normalized spacial score (nSPS) is 20.6. The van der Waals surface area contributed by atoms with Gasteiger partial charge in [-0.05, 0) is 38.7 Å². The van der Waals surface area contributed by atoms with E-state index in [1.54, 1.807) is 0 Å². The molecule has 0 radical (unpaired) electrons. The summed E-state index contributed by atoms with van der Waals surface area (Å²) in [6.45, 7) is 6.87. The van der Waals surface area contributed by atoms with Crippen molar-refractivity contribution < 1.29 is 9.59 Å². The zero-order chi connectivity index (χ0) is 13.5. The van der Waals surface area contributed by atoms with Gasteiger partial charge in [0.25, 0.3) is 5.91 Å². The van der Waals surface area contributed by atoms with E-state index in [1.165, 1.54) is 16.2 Å². The number of hydrogen-bond donors (Lipinski definition) is 0. The van der Waals surface area contributed by atoms with Crippen LogP contribution in [0.1, 0.15) is 36.9 Å². The second-order valence-corrected chi connectivity index (χ2v) is 7.44. The van der Waals surface area contributed by atoms with Gasteiger partial charge in [0.2, 0.25) is 5.91 Å². The molecule has 1 aromatic heterocycles. The number of hydrogen-bond acceptors (Lipinski definition) is 3. The van der Waals surface area contributed by atoms with Gasteiger partial charge in [-0.3, -0.25) is 14.5 Å². The maximum atomic E-state index is 12.3. The minimum absolute atomic E-state index is 0.0529. The van der Waals surface area contributed by atoms with Crippen molar-refractivity contribution in [2.24, 2.45) is 11.3 Å². The summed E-state index contributed by atoms with van der Waals surface area (Å²) in [6.07, 6.45) is 0.470. The van der Waals surface area contributed by atoms with Gasteiger partial charge < -0.3 is 0 Å². The van der Waals surface area contributed by atoms with E-state index in [4.69, 9.17) is 0 Å². The molecule has 1 aromatic rings. The molecular weight excluding hydrogens is 314 g/mol. The predicted octanol–water partition coefficient (Wildman–Crippen LogP) is 3.55. The van der Waals surface area contributed by atoms with Crippen LogP contribution >= 0.6 is 27.3 Å². The van der Waals surface area contributed by atoms with Crippen molar-refractivity contribution in [3.63, 3.8) is 0 Å². The molecule has 1 fully saturated rings. The van der Waals surface area contributed by atoms with E-state index in [1.807, 2.05) is 11.4 Å². The maximum absolute atomic E-state index is 12.3. The number of thiophene rings is 1. The lowest BCUT2D eigenvalue weighted by Crippen LogP contribution is -2.33. The molecule has 5 heteroatoms. The molecule has 1 unspecified atom stereocenters. The van der Waals surface area contributed by atoms with Gasteiger partial charge in [-0.25, -0.2) is 0 Å². The van der Waals surface area contributed by atoms with Crippen molar-refractivity contribution in [3.05, 3.63) is 20.8 Å². The van der Waals surface area contributed by atoms with E-state index in [0.717, 1.165) is 4.47 Å². The summed E-state index contributed by atoms with van der Waals surface area (Å²) in [5.41, 5.74) is 0.0529. The fraction of sp³-hybridized carbons (Fsp3) is 0.538. The van der Waals surface area contributed by atoms with Crippen molar-refractivity contribution in [2.45, 2.75) is 27.2 Å². The van der Waals surface area contributed by atoms with Crippen molar-refractivity contribution in [1.29, 1.82) is 0 Å². The fourth-order valence-corrected chi connectivity index (χ4v) is 3.54. The summed E-state index contributed by atoms with van der Waals surface area (Å²) in [6, 6.07) is 1.83.